The van der Waals surface area contributed by atoms with Crippen molar-refractivity contribution in [2.45, 2.75) is 19.8 Å². The van der Waals surface area contributed by atoms with Gasteiger partial charge in [0.05, 0.1) is 13.7 Å². The third-order valence-electron chi connectivity index (χ3n) is 2.98. The Morgan fingerprint density at radius 1 is 1.41 bits per heavy atom. The van der Waals surface area contributed by atoms with Crippen LogP contribution in [0.2, 0.25) is 0 Å². The van der Waals surface area contributed by atoms with Crippen LogP contribution >= 0.6 is 0 Å². The van der Waals surface area contributed by atoms with Crippen LogP contribution in [0, 0.1) is 0 Å². The van der Waals surface area contributed by atoms with Crippen LogP contribution in [0.25, 0.3) is 5.57 Å². The van der Waals surface area contributed by atoms with E-state index in [0.29, 0.717) is 6.61 Å². The Labute approximate surface area is 103 Å². The fraction of sp³-hybridized carbons (Fsp3) is 0.333. The average Bonchev–Trinajstić information content (AvgIpc) is 2.37. The van der Waals surface area contributed by atoms with Crippen molar-refractivity contribution in [3.05, 3.63) is 47.7 Å². The Kier molecular flexibility index (Phi) is 3.52. The molecular weight excluding hydrogens is 212 g/mol. The summed E-state index contributed by atoms with van der Waals surface area (Å²) in [4.78, 5) is 0. The number of benzene rings is 1. The zero-order valence-corrected chi connectivity index (χ0v) is 10.5. The normalized spacial score (nSPS) is 13.6. The van der Waals surface area contributed by atoms with E-state index in [-0.39, 0.29) is 0 Å². The number of aryl methyl sites for hydroxylation is 1. The van der Waals surface area contributed by atoms with Gasteiger partial charge in [-0.2, -0.15) is 0 Å². The summed E-state index contributed by atoms with van der Waals surface area (Å²) < 4.78 is 10.8. The van der Waals surface area contributed by atoms with E-state index in [1.807, 2.05) is 13.0 Å². The van der Waals surface area contributed by atoms with Crippen LogP contribution < -0.4 is 4.74 Å². The third-order valence-corrected chi connectivity index (χ3v) is 2.98. The van der Waals surface area contributed by atoms with Gasteiger partial charge in [0, 0.05) is 5.57 Å². The van der Waals surface area contributed by atoms with Crippen LogP contribution in [-0.2, 0) is 11.2 Å². The van der Waals surface area contributed by atoms with E-state index in [0.717, 1.165) is 29.9 Å². The van der Waals surface area contributed by atoms with E-state index in [4.69, 9.17) is 9.47 Å². The minimum absolute atomic E-state index is 0.654. The van der Waals surface area contributed by atoms with Crippen molar-refractivity contribution in [1.82, 2.24) is 0 Å². The molecule has 1 aliphatic rings. The Hall–Kier alpha value is -1.70. The van der Waals surface area contributed by atoms with Gasteiger partial charge in [0.1, 0.15) is 11.5 Å². The van der Waals surface area contributed by atoms with Gasteiger partial charge in [0.15, 0.2) is 0 Å². The fourth-order valence-corrected chi connectivity index (χ4v) is 2.16. The Morgan fingerprint density at radius 3 is 2.94 bits per heavy atom. The molecule has 90 valence electrons. The summed E-state index contributed by atoms with van der Waals surface area (Å²) >= 11 is 0. The molecule has 0 amide bonds. The number of hydrogen-bond acceptors (Lipinski definition) is 2. The largest absolute Gasteiger partial charge is 0.497 e. The highest BCUT2D eigenvalue weighted by atomic mass is 16.5. The SMILES string of the molecule is C=C(OCC)C1=CCCc2cc(OC)ccc21. The summed E-state index contributed by atoms with van der Waals surface area (Å²) in [6.45, 7) is 6.62. The molecule has 0 aliphatic heterocycles. The molecule has 17 heavy (non-hydrogen) atoms. The van der Waals surface area contributed by atoms with Crippen LogP contribution in [0.5, 0.6) is 5.75 Å². The van der Waals surface area contributed by atoms with Crippen LogP contribution in [-0.4, -0.2) is 13.7 Å². The molecule has 0 heterocycles. The maximum Gasteiger partial charge on any atom is 0.119 e. The predicted octanol–water partition coefficient (Wildman–Crippen LogP) is 3.58. The van der Waals surface area contributed by atoms with Gasteiger partial charge in [0.25, 0.3) is 0 Å². The first-order chi connectivity index (χ1) is 8.26. The third kappa shape index (κ3) is 2.36. The Morgan fingerprint density at radius 2 is 2.24 bits per heavy atom. The van der Waals surface area contributed by atoms with Crippen LogP contribution in [0.15, 0.2) is 36.6 Å². The average molecular weight is 230 g/mol. The first kappa shape index (κ1) is 11.8. The second-order valence-corrected chi connectivity index (χ2v) is 4.04. The van der Waals surface area contributed by atoms with Crippen LogP contribution in [0.3, 0.4) is 0 Å². The highest BCUT2D eigenvalue weighted by Gasteiger charge is 2.16. The molecule has 0 fully saturated rings. The topological polar surface area (TPSA) is 18.5 Å². The first-order valence-electron chi connectivity index (χ1n) is 5.95. The van der Waals surface area contributed by atoms with Crippen molar-refractivity contribution in [2.75, 3.05) is 13.7 Å². The number of methoxy groups -OCH3 is 1. The number of allylic oxidation sites excluding steroid dienone is 2. The molecule has 0 unspecified atom stereocenters. The van der Waals surface area contributed by atoms with E-state index < -0.39 is 0 Å². The number of ether oxygens (including phenoxy) is 2. The molecule has 0 bridgehead atoms. The minimum atomic E-state index is 0.654. The monoisotopic (exact) mass is 230 g/mol. The maximum atomic E-state index is 5.50. The van der Waals surface area contributed by atoms with Crippen molar-refractivity contribution < 1.29 is 9.47 Å². The van der Waals surface area contributed by atoms with Gasteiger partial charge in [-0.1, -0.05) is 18.7 Å². The first-order valence-corrected chi connectivity index (χ1v) is 5.95. The van der Waals surface area contributed by atoms with Gasteiger partial charge < -0.3 is 9.47 Å². The van der Waals surface area contributed by atoms with Crippen molar-refractivity contribution in [3.8, 4) is 5.75 Å². The molecule has 0 saturated carbocycles. The lowest BCUT2D eigenvalue weighted by Crippen LogP contribution is -2.03. The summed E-state index contributed by atoms with van der Waals surface area (Å²) in [6.07, 6.45) is 4.28. The lowest BCUT2D eigenvalue weighted by Gasteiger charge is -2.20. The lowest BCUT2D eigenvalue weighted by molar-refractivity contribution is 0.247. The van der Waals surface area contributed by atoms with E-state index in [9.17, 15) is 0 Å². The second-order valence-electron chi connectivity index (χ2n) is 4.04. The molecule has 1 aromatic rings. The molecule has 1 aliphatic carbocycles. The van der Waals surface area contributed by atoms with E-state index >= 15 is 0 Å². The molecule has 0 saturated heterocycles. The molecule has 2 heteroatoms. The molecule has 0 spiro atoms. The number of fused-ring (bicyclic) bond motifs is 1. The zero-order valence-electron chi connectivity index (χ0n) is 10.5. The number of hydrogen-bond donors (Lipinski definition) is 0. The molecule has 0 N–H and O–H groups in total. The van der Waals surface area contributed by atoms with Crippen molar-refractivity contribution >= 4 is 5.57 Å². The van der Waals surface area contributed by atoms with Crippen LogP contribution in [0.4, 0.5) is 0 Å². The summed E-state index contributed by atoms with van der Waals surface area (Å²) in [5.41, 5.74) is 3.65. The predicted molar refractivity (Wildman–Crippen MR) is 70.1 cm³/mol. The quantitative estimate of drug-likeness (QED) is 0.736. The lowest BCUT2D eigenvalue weighted by atomic mass is 9.90. The highest BCUT2D eigenvalue weighted by Crippen LogP contribution is 2.33. The number of rotatable bonds is 4. The molecule has 2 nitrogen and oxygen atoms in total. The van der Waals surface area contributed by atoms with Gasteiger partial charge in [0.2, 0.25) is 0 Å². The Bertz CT molecular complexity index is 458. The van der Waals surface area contributed by atoms with Crippen LogP contribution in [0.1, 0.15) is 24.5 Å². The summed E-state index contributed by atoms with van der Waals surface area (Å²) in [5, 5.41) is 0. The summed E-state index contributed by atoms with van der Waals surface area (Å²) in [5.74, 6) is 1.67. The van der Waals surface area contributed by atoms with E-state index in [2.05, 4.69) is 24.8 Å². The second kappa shape index (κ2) is 5.09. The standard InChI is InChI=1S/C15H18O2/c1-4-17-11(2)14-7-5-6-12-10-13(16-3)8-9-15(12)14/h7-10H,2,4-6H2,1,3H3. The summed E-state index contributed by atoms with van der Waals surface area (Å²) in [7, 11) is 1.69. The van der Waals surface area contributed by atoms with Gasteiger partial charge in [-0.15, -0.1) is 0 Å². The van der Waals surface area contributed by atoms with E-state index in [1.165, 1.54) is 11.1 Å². The molecule has 0 aromatic heterocycles. The molecular formula is C15H18O2. The molecule has 1 aromatic carbocycles. The van der Waals surface area contributed by atoms with Gasteiger partial charge in [-0.05, 0) is 43.0 Å². The summed E-state index contributed by atoms with van der Waals surface area (Å²) in [6, 6.07) is 6.17. The molecule has 0 radical (unpaired) electrons. The van der Waals surface area contributed by atoms with Gasteiger partial charge in [-0.3, -0.25) is 0 Å². The molecule has 2 rings (SSSR count). The van der Waals surface area contributed by atoms with Gasteiger partial charge in [-0.25, -0.2) is 0 Å². The smallest absolute Gasteiger partial charge is 0.119 e. The zero-order chi connectivity index (χ0) is 12.3. The highest BCUT2D eigenvalue weighted by molar-refractivity contribution is 5.80. The van der Waals surface area contributed by atoms with Crippen molar-refractivity contribution in [1.29, 1.82) is 0 Å². The molecule has 0 atom stereocenters. The van der Waals surface area contributed by atoms with E-state index in [1.54, 1.807) is 7.11 Å². The maximum absolute atomic E-state index is 5.50. The minimum Gasteiger partial charge on any atom is -0.497 e. The van der Waals surface area contributed by atoms with Crippen molar-refractivity contribution in [2.24, 2.45) is 0 Å². The van der Waals surface area contributed by atoms with Crippen molar-refractivity contribution in [3.63, 3.8) is 0 Å². The van der Waals surface area contributed by atoms with Gasteiger partial charge >= 0.3 is 0 Å². The Balaban J connectivity index is 2.35. The fourth-order valence-electron chi connectivity index (χ4n) is 2.16.